The zero-order valence-corrected chi connectivity index (χ0v) is 15.3. The van der Waals surface area contributed by atoms with Crippen molar-refractivity contribution >= 4 is 15.9 Å². The number of hydrogen-bond donors (Lipinski definition) is 1. The van der Waals surface area contributed by atoms with Gasteiger partial charge in [-0.1, -0.05) is 13.8 Å². The molecule has 1 aromatic rings. The monoisotopic (exact) mass is 368 g/mol. The van der Waals surface area contributed by atoms with Gasteiger partial charge in [-0.05, 0) is 36.5 Å². The summed E-state index contributed by atoms with van der Waals surface area (Å²) in [5.41, 5.74) is 0.418. The van der Waals surface area contributed by atoms with Gasteiger partial charge in [0.05, 0.1) is 5.75 Å². The normalized spacial score (nSPS) is 23.4. The lowest BCUT2D eigenvalue weighted by Crippen LogP contribution is -2.45. The van der Waals surface area contributed by atoms with Crippen molar-refractivity contribution in [2.75, 3.05) is 32.2 Å². The predicted molar refractivity (Wildman–Crippen MR) is 93.2 cm³/mol. The molecule has 8 heteroatoms. The number of sulfonamides is 1. The molecular formula is C17H24N2O5S. The Labute approximate surface area is 148 Å². The summed E-state index contributed by atoms with van der Waals surface area (Å²) < 4.78 is 37.0. The largest absolute Gasteiger partial charge is 0.454 e. The zero-order valence-electron chi connectivity index (χ0n) is 14.5. The van der Waals surface area contributed by atoms with Gasteiger partial charge in [0.25, 0.3) is 5.91 Å². The van der Waals surface area contributed by atoms with Crippen molar-refractivity contribution < 1.29 is 22.7 Å². The number of nitrogens with one attached hydrogen (secondary N) is 1. The van der Waals surface area contributed by atoms with Gasteiger partial charge in [-0.3, -0.25) is 4.79 Å². The summed E-state index contributed by atoms with van der Waals surface area (Å²) in [4.78, 5) is 12.2. The Hall–Kier alpha value is -1.80. The predicted octanol–water partition coefficient (Wildman–Crippen LogP) is 1.45. The van der Waals surface area contributed by atoms with Crippen LogP contribution in [0.25, 0.3) is 0 Å². The van der Waals surface area contributed by atoms with E-state index in [9.17, 15) is 13.2 Å². The molecule has 0 aromatic heterocycles. The molecule has 1 fully saturated rings. The number of carbonyl (C=O) groups is 1. The Morgan fingerprint density at radius 1 is 1.20 bits per heavy atom. The molecule has 0 radical (unpaired) electrons. The highest BCUT2D eigenvalue weighted by atomic mass is 32.2. The molecule has 0 bridgehead atoms. The van der Waals surface area contributed by atoms with Crippen LogP contribution in [0.1, 0.15) is 30.6 Å². The van der Waals surface area contributed by atoms with Gasteiger partial charge < -0.3 is 14.8 Å². The Kier molecular flexibility index (Phi) is 5.19. The highest BCUT2D eigenvalue weighted by Gasteiger charge is 2.30. The molecule has 7 nitrogen and oxygen atoms in total. The van der Waals surface area contributed by atoms with Gasteiger partial charge >= 0.3 is 0 Å². The highest BCUT2D eigenvalue weighted by molar-refractivity contribution is 7.89. The van der Waals surface area contributed by atoms with Gasteiger partial charge in [0.15, 0.2) is 11.5 Å². The standard InChI is InChI=1S/C17H24N2O5S/c1-12-7-13(2)10-19(9-12)25(21,22)6-5-18-17(20)14-3-4-15-16(8-14)24-11-23-15/h3-4,8,12-13H,5-7,9-11H2,1-2H3,(H,18,20)/t12-,13+. The van der Waals surface area contributed by atoms with E-state index in [1.54, 1.807) is 22.5 Å². The van der Waals surface area contributed by atoms with Crippen LogP contribution in [0.3, 0.4) is 0 Å². The number of fused-ring (bicyclic) bond motifs is 1. The molecule has 0 saturated carbocycles. The van der Waals surface area contributed by atoms with Crippen LogP contribution in [-0.4, -0.2) is 50.8 Å². The summed E-state index contributed by atoms with van der Waals surface area (Å²) >= 11 is 0. The van der Waals surface area contributed by atoms with Crippen LogP contribution in [0.4, 0.5) is 0 Å². The third kappa shape index (κ3) is 4.24. The van der Waals surface area contributed by atoms with Crippen molar-refractivity contribution in [3.63, 3.8) is 0 Å². The Morgan fingerprint density at radius 2 is 1.88 bits per heavy atom. The van der Waals surface area contributed by atoms with Crippen LogP contribution in [0, 0.1) is 11.8 Å². The maximum Gasteiger partial charge on any atom is 0.251 e. The first kappa shape index (κ1) is 18.0. The molecule has 0 unspecified atom stereocenters. The maximum absolute atomic E-state index is 12.5. The summed E-state index contributed by atoms with van der Waals surface area (Å²) in [7, 11) is -3.36. The number of carbonyl (C=O) groups excluding carboxylic acids is 1. The maximum atomic E-state index is 12.5. The van der Waals surface area contributed by atoms with Gasteiger partial charge in [-0.2, -0.15) is 0 Å². The first-order valence-corrected chi connectivity index (χ1v) is 10.1. The molecule has 3 rings (SSSR count). The minimum absolute atomic E-state index is 0.0782. The smallest absolute Gasteiger partial charge is 0.251 e. The fraction of sp³-hybridized carbons (Fsp3) is 0.588. The van der Waals surface area contributed by atoms with Crippen LogP contribution in [0.2, 0.25) is 0 Å². The first-order valence-electron chi connectivity index (χ1n) is 8.51. The van der Waals surface area contributed by atoms with Gasteiger partial charge in [0.1, 0.15) is 0 Å². The molecule has 2 aliphatic rings. The average molecular weight is 368 g/mol. The third-order valence-electron chi connectivity index (χ3n) is 4.51. The van der Waals surface area contributed by atoms with E-state index in [2.05, 4.69) is 19.2 Å². The van der Waals surface area contributed by atoms with Crippen LogP contribution < -0.4 is 14.8 Å². The lowest BCUT2D eigenvalue weighted by atomic mass is 9.94. The number of benzene rings is 1. The molecule has 0 spiro atoms. The van der Waals surface area contributed by atoms with E-state index in [1.165, 1.54) is 0 Å². The van der Waals surface area contributed by atoms with Crippen molar-refractivity contribution in [3.8, 4) is 11.5 Å². The van der Waals surface area contributed by atoms with E-state index < -0.39 is 10.0 Å². The van der Waals surface area contributed by atoms with Crippen molar-refractivity contribution in [2.45, 2.75) is 20.3 Å². The summed E-state index contributed by atoms with van der Waals surface area (Å²) in [5, 5.41) is 2.67. The van der Waals surface area contributed by atoms with Gasteiger partial charge in [-0.15, -0.1) is 0 Å². The molecule has 25 heavy (non-hydrogen) atoms. The van der Waals surface area contributed by atoms with E-state index in [1.807, 2.05) is 0 Å². The summed E-state index contributed by atoms with van der Waals surface area (Å²) in [5.74, 6) is 1.43. The molecular weight excluding hydrogens is 344 g/mol. The van der Waals surface area contributed by atoms with Crippen molar-refractivity contribution in [2.24, 2.45) is 11.8 Å². The molecule has 1 N–H and O–H groups in total. The lowest BCUT2D eigenvalue weighted by Gasteiger charge is -2.34. The lowest BCUT2D eigenvalue weighted by molar-refractivity contribution is 0.0955. The van der Waals surface area contributed by atoms with Gasteiger partial charge in [-0.25, -0.2) is 12.7 Å². The Bertz CT molecular complexity index is 739. The van der Waals surface area contributed by atoms with E-state index in [0.717, 1.165) is 6.42 Å². The quantitative estimate of drug-likeness (QED) is 0.850. The summed E-state index contributed by atoms with van der Waals surface area (Å²) in [6, 6.07) is 4.90. The average Bonchev–Trinajstić information content (AvgIpc) is 3.01. The second kappa shape index (κ2) is 7.21. The van der Waals surface area contributed by atoms with Crippen LogP contribution in [0.5, 0.6) is 11.5 Å². The van der Waals surface area contributed by atoms with Crippen molar-refractivity contribution in [1.82, 2.24) is 9.62 Å². The van der Waals surface area contributed by atoms with E-state index in [4.69, 9.17) is 9.47 Å². The highest BCUT2D eigenvalue weighted by Crippen LogP contribution is 2.32. The number of hydrogen-bond acceptors (Lipinski definition) is 5. The number of nitrogens with zero attached hydrogens (tertiary/aromatic N) is 1. The Morgan fingerprint density at radius 3 is 2.60 bits per heavy atom. The molecule has 1 saturated heterocycles. The molecule has 2 heterocycles. The Balaban J connectivity index is 1.54. The van der Waals surface area contributed by atoms with Gasteiger partial charge in [0, 0.05) is 25.2 Å². The van der Waals surface area contributed by atoms with Crippen LogP contribution in [0.15, 0.2) is 18.2 Å². The van der Waals surface area contributed by atoms with Crippen LogP contribution in [-0.2, 0) is 10.0 Å². The van der Waals surface area contributed by atoms with E-state index in [0.29, 0.717) is 42.0 Å². The number of ether oxygens (including phenoxy) is 2. The van der Waals surface area contributed by atoms with Crippen molar-refractivity contribution in [1.29, 1.82) is 0 Å². The molecule has 2 atom stereocenters. The third-order valence-corrected chi connectivity index (χ3v) is 6.31. The first-order chi connectivity index (χ1) is 11.8. The fourth-order valence-corrected chi connectivity index (χ4v) is 4.98. The number of rotatable bonds is 5. The fourth-order valence-electron chi connectivity index (χ4n) is 3.40. The van der Waals surface area contributed by atoms with E-state index >= 15 is 0 Å². The molecule has 1 amide bonds. The second-order valence-electron chi connectivity index (χ2n) is 6.90. The minimum atomic E-state index is -3.36. The molecule has 138 valence electrons. The van der Waals surface area contributed by atoms with Crippen molar-refractivity contribution in [3.05, 3.63) is 23.8 Å². The number of amides is 1. The molecule has 0 aliphatic carbocycles. The SMILES string of the molecule is C[C@@H]1C[C@H](C)CN(S(=O)(=O)CCNC(=O)c2ccc3c(c2)OCO3)C1. The zero-order chi connectivity index (χ0) is 18.0. The van der Waals surface area contributed by atoms with Gasteiger partial charge in [0.2, 0.25) is 16.8 Å². The van der Waals surface area contributed by atoms with E-state index in [-0.39, 0.29) is 25.0 Å². The molecule has 2 aliphatic heterocycles. The summed E-state index contributed by atoms with van der Waals surface area (Å²) in [6.07, 6.45) is 1.05. The summed E-state index contributed by atoms with van der Waals surface area (Å²) in [6.45, 7) is 5.48. The molecule has 1 aromatic carbocycles. The second-order valence-corrected chi connectivity index (χ2v) is 8.99. The van der Waals surface area contributed by atoms with Crippen LogP contribution >= 0.6 is 0 Å². The minimum Gasteiger partial charge on any atom is -0.454 e. The topological polar surface area (TPSA) is 84.9 Å². The number of piperidine rings is 1.